The maximum atomic E-state index is 6.78. The normalized spacial score (nSPS) is 31.3. The van der Waals surface area contributed by atoms with Crippen molar-refractivity contribution >= 4 is 22.4 Å². The van der Waals surface area contributed by atoms with E-state index in [0.717, 1.165) is 11.8 Å². The molecule has 2 aliphatic rings. The summed E-state index contributed by atoms with van der Waals surface area (Å²) in [5.74, 6) is 2.71. The molecular formula is C17H17Cl. The topological polar surface area (TPSA) is 0 Å². The number of halogens is 1. The van der Waals surface area contributed by atoms with Crippen molar-refractivity contribution in [2.45, 2.75) is 24.6 Å². The van der Waals surface area contributed by atoms with Crippen LogP contribution >= 0.6 is 11.6 Å². The van der Waals surface area contributed by atoms with Crippen molar-refractivity contribution in [3.05, 3.63) is 48.0 Å². The Morgan fingerprint density at radius 1 is 0.889 bits per heavy atom. The van der Waals surface area contributed by atoms with Crippen molar-refractivity contribution in [3.8, 4) is 0 Å². The number of hydrogen-bond donors (Lipinski definition) is 0. The van der Waals surface area contributed by atoms with E-state index in [2.05, 4.69) is 42.5 Å². The van der Waals surface area contributed by atoms with E-state index in [4.69, 9.17) is 11.6 Å². The van der Waals surface area contributed by atoms with Crippen molar-refractivity contribution < 1.29 is 0 Å². The SMILES string of the molecule is ClC(c1cccc2ccccc12)C1CC2CC2C1. The maximum Gasteiger partial charge on any atom is 0.0619 e. The van der Waals surface area contributed by atoms with Crippen LogP contribution in [0.4, 0.5) is 0 Å². The van der Waals surface area contributed by atoms with Gasteiger partial charge in [0.1, 0.15) is 0 Å². The van der Waals surface area contributed by atoms with E-state index in [1.807, 2.05) is 0 Å². The number of fused-ring (bicyclic) bond motifs is 2. The summed E-state index contributed by atoms with van der Waals surface area (Å²) in [4.78, 5) is 0. The molecule has 2 aliphatic carbocycles. The second-order valence-electron chi connectivity index (χ2n) is 5.96. The van der Waals surface area contributed by atoms with Crippen LogP contribution in [0.25, 0.3) is 10.8 Å². The monoisotopic (exact) mass is 256 g/mol. The van der Waals surface area contributed by atoms with Crippen LogP contribution in [0.15, 0.2) is 42.5 Å². The van der Waals surface area contributed by atoms with E-state index in [1.165, 1.54) is 35.6 Å². The molecule has 2 fully saturated rings. The van der Waals surface area contributed by atoms with E-state index in [9.17, 15) is 0 Å². The molecule has 0 heterocycles. The van der Waals surface area contributed by atoms with Gasteiger partial charge in [0.05, 0.1) is 5.38 Å². The van der Waals surface area contributed by atoms with Gasteiger partial charge in [0.2, 0.25) is 0 Å². The molecule has 3 atom stereocenters. The minimum atomic E-state index is 0.198. The van der Waals surface area contributed by atoms with Crippen LogP contribution in [0.1, 0.15) is 30.2 Å². The number of alkyl halides is 1. The number of benzene rings is 2. The third kappa shape index (κ3) is 1.66. The molecule has 1 heteroatoms. The van der Waals surface area contributed by atoms with Crippen LogP contribution < -0.4 is 0 Å². The lowest BCUT2D eigenvalue weighted by atomic mass is 9.91. The molecule has 0 spiro atoms. The van der Waals surface area contributed by atoms with Crippen LogP contribution in [-0.4, -0.2) is 0 Å². The summed E-state index contributed by atoms with van der Waals surface area (Å²) in [5, 5.41) is 2.84. The summed E-state index contributed by atoms with van der Waals surface area (Å²) in [6, 6.07) is 15.1. The van der Waals surface area contributed by atoms with Gasteiger partial charge in [-0.2, -0.15) is 0 Å². The highest BCUT2D eigenvalue weighted by molar-refractivity contribution is 6.22. The standard InChI is InChI=1S/C17H17Cl/c18-17(14-9-12-8-13(12)10-14)16-7-3-5-11-4-1-2-6-15(11)16/h1-7,12-14,17H,8-10H2. The quantitative estimate of drug-likeness (QED) is 0.651. The smallest absolute Gasteiger partial charge is 0.0619 e. The van der Waals surface area contributed by atoms with Crippen molar-refractivity contribution in [3.63, 3.8) is 0 Å². The Balaban J connectivity index is 1.72. The van der Waals surface area contributed by atoms with Crippen molar-refractivity contribution in [1.82, 2.24) is 0 Å². The fourth-order valence-electron chi connectivity index (χ4n) is 3.75. The Morgan fingerprint density at radius 2 is 1.61 bits per heavy atom. The molecule has 4 rings (SSSR count). The summed E-state index contributed by atoms with van der Waals surface area (Å²) in [5.41, 5.74) is 1.33. The van der Waals surface area contributed by atoms with Crippen molar-refractivity contribution in [2.75, 3.05) is 0 Å². The fraction of sp³-hybridized carbons (Fsp3) is 0.412. The van der Waals surface area contributed by atoms with Gasteiger partial charge in [0.25, 0.3) is 0 Å². The van der Waals surface area contributed by atoms with Gasteiger partial charge >= 0.3 is 0 Å². The van der Waals surface area contributed by atoms with Gasteiger partial charge in [0, 0.05) is 0 Å². The molecule has 0 N–H and O–H groups in total. The summed E-state index contributed by atoms with van der Waals surface area (Å²) in [6.07, 6.45) is 4.17. The second-order valence-corrected chi connectivity index (χ2v) is 6.43. The molecule has 0 bridgehead atoms. The highest BCUT2D eigenvalue weighted by Gasteiger charge is 2.47. The first-order chi connectivity index (χ1) is 8.83. The first kappa shape index (κ1) is 10.9. The van der Waals surface area contributed by atoms with Gasteiger partial charge in [-0.25, -0.2) is 0 Å². The van der Waals surface area contributed by atoms with E-state index in [0.29, 0.717) is 5.92 Å². The van der Waals surface area contributed by atoms with E-state index in [1.54, 1.807) is 0 Å². The predicted octanol–water partition coefficient (Wildman–Crippen LogP) is 5.17. The van der Waals surface area contributed by atoms with Crippen LogP contribution in [0.3, 0.4) is 0 Å². The Labute approximate surface area is 113 Å². The van der Waals surface area contributed by atoms with Crippen LogP contribution in [-0.2, 0) is 0 Å². The molecular weight excluding hydrogens is 240 g/mol. The lowest BCUT2D eigenvalue weighted by Gasteiger charge is -2.20. The minimum absolute atomic E-state index is 0.198. The molecule has 2 aromatic carbocycles. The number of rotatable bonds is 2. The van der Waals surface area contributed by atoms with Gasteiger partial charge in [-0.15, -0.1) is 11.6 Å². The lowest BCUT2D eigenvalue weighted by Crippen LogP contribution is -2.06. The van der Waals surface area contributed by atoms with Crippen LogP contribution in [0, 0.1) is 17.8 Å². The third-order valence-electron chi connectivity index (χ3n) is 4.81. The fourth-order valence-corrected chi connectivity index (χ4v) is 4.14. The highest BCUT2D eigenvalue weighted by Crippen LogP contribution is 2.58. The van der Waals surface area contributed by atoms with Crippen molar-refractivity contribution in [1.29, 1.82) is 0 Å². The third-order valence-corrected chi connectivity index (χ3v) is 5.41. The molecule has 0 radical (unpaired) electrons. The van der Waals surface area contributed by atoms with Gasteiger partial charge in [0.15, 0.2) is 0 Å². The first-order valence-corrected chi connectivity index (χ1v) is 7.38. The zero-order valence-electron chi connectivity index (χ0n) is 10.4. The highest BCUT2D eigenvalue weighted by atomic mass is 35.5. The van der Waals surface area contributed by atoms with Gasteiger partial charge in [-0.05, 0) is 53.4 Å². The van der Waals surface area contributed by atoms with E-state index >= 15 is 0 Å². The van der Waals surface area contributed by atoms with E-state index in [-0.39, 0.29) is 5.38 Å². The molecule has 2 aromatic rings. The maximum absolute atomic E-state index is 6.78. The molecule has 0 saturated heterocycles. The number of hydrogen-bond acceptors (Lipinski definition) is 0. The molecule has 0 aliphatic heterocycles. The van der Waals surface area contributed by atoms with Crippen LogP contribution in [0.5, 0.6) is 0 Å². The van der Waals surface area contributed by atoms with Gasteiger partial charge in [-0.1, -0.05) is 42.5 Å². The summed E-state index contributed by atoms with van der Waals surface area (Å²) in [6.45, 7) is 0. The first-order valence-electron chi connectivity index (χ1n) is 6.94. The Bertz CT molecular complexity index is 574. The summed E-state index contributed by atoms with van der Waals surface area (Å²) < 4.78 is 0. The summed E-state index contributed by atoms with van der Waals surface area (Å²) >= 11 is 6.78. The second kappa shape index (κ2) is 3.99. The van der Waals surface area contributed by atoms with Gasteiger partial charge in [-0.3, -0.25) is 0 Å². The average Bonchev–Trinajstić information content (AvgIpc) is 3.04. The Hall–Kier alpha value is -1.01. The van der Waals surface area contributed by atoms with Gasteiger partial charge < -0.3 is 0 Å². The molecule has 92 valence electrons. The molecule has 3 unspecified atom stereocenters. The molecule has 0 aromatic heterocycles. The molecule has 0 nitrogen and oxygen atoms in total. The van der Waals surface area contributed by atoms with Crippen molar-refractivity contribution in [2.24, 2.45) is 17.8 Å². The molecule has 0 amide bonds. The summed E-state index contributed by atoms with van der Waals surface area (Å²) in [7, 11) is 0. The lowest BCUT2D eigenvalue weighted by molar-refractivity contribution is 0.473. The zero-order chi connectivity index (χ0) is 12.1. The van der Waals surface area contributed by atoms with Crippen LogP contribution in [0.2, 0.25) is 0 Å². The Morgan fingerprint density at radius 3 is 2.44 bits per heavy atom. The zero-order valence-corrected chi connectivity index (χ0v) is 11.1. The average molecular weight is 257 g/mol. The largest absolute Gasteiger partial charge is 0.117 e. The Kier molecular flexibility index (Phi) is 2.41. The molecule has 18 heavy (non-hydrogen) atoms. The molecule has 2 saturated carbocycles. The predicted molar refractivity (Wildman–Crippen MR) is 76.9 cm³/mol. The van der Waals surface area contributed by atoms with E-state index < -0.39 is 0 Å². The minimum Gasteiger partial charge on any atom is -0.117 e.